The maximum atomic E-state index is 12.0. The fourth-order valence-electron chi connectivity index (χ4n) is 3.01. The second kappa shape index (κ2) is 10.7. The first-order chi connectivity index (χ1) is 16.2. The number of benzene rings is 3. The molecule has 1 N–H and O–H groups in total. The van der Waals surface area contributed by atoms with Crippen LogP contribution in [0.5, 0.6) is 17.2 Å². The average molecular weight is 464 g/mol. The van der Waals surface area contributed by atoms with Crippen molar-refractivity contribution in [2.24, 2.45) is 5.10 Å². The van der Waals surface area contributed by atoms with E-state index in [1.165, 1.54) is 12.3 Å². The normalized spacial score (nSPS) is 10.6. The van der Waals surface area contributed by atoms with Gasteiger partial charge in [-0.05, 0) is 60.9 Å². The highest BCUT2D eigenvalue weighted by Crippen LogP contribution is 2.34. The third-order valence-corrected chi connectivity index (χ3v) is 4.40. The van der Waals surface area contributed by atoms with E-state index < -0.39 is 27.1 Å². The molecule has 0 atom stereocenters. The molecule has 0 radical (unpaired) electrons. The second-order valence-corrected chi connectivity index (χ2v) is 7.25. The number of aryl methyl sites for hydroxylation is 2. The highest BCUT2D eigenvalue weighted by atomic mass is 16.6. The maximum Gasteiger partial charge on any atom is 0.318 e. The average Bonchev–Trinajstić information content (AvgIpc) is 2.77. The highest BCUT2D eigenvalue weighted by molar-refractivity contribution is 5.83. The summed E-state index contributed by atoms with van der Waals surface area (Å²) in [4.78, 5) is 32.6. The molecule has 0 aromatic heterocycles. The number of hydrazone groups is 1. The van der Waals surface area contributed by atoms with Gasteiger partial charge in [0.15, 0.2) is 6.61 Å². The molecular weight excluding hydrogens is 444 g/mol. The van der Waals surface area contributed by atoms with Gasteiger partial charge in [-0.15, -0.1) is 0 Å². The monoisotopic (exact) mass is 464 g/mol. The summed E-state index contributed by atoms with van der Waals surface area (Å²) in [6, 6.07) is 15.1. The molecule has 3 aromatic carbocycles. The van der Waals surface area contributed by atoms with Crippen molar-refractivity contribution in [2.45, 2.75) is 13.8 Å². The van der Waals surface area contributed by atoms with Gasteiger partial charge in [-0.1, -0.05) is 18.2 Å². The third kappa shape index (κ3) is 6.60. The zero-order valence-electron chi connectivity index (χ0n) is 18.3. The van der Waals surface area contributed by atoms with Crippen LogP contribution >= 0.6 is 0 Å². The molecule has 0 unspecified atom stereocenters. The minimum absolute atomic E-state index is 0.151. The largest absolute Gasteiger partial charge is 0.484 e. The molecule has 1 amide bonds. The van der Waals surface area contributed by atoms with Crippen molar-refractivity contribution in [1.82, 2.24) is 5.43 Å². The smallest absolute Gasteiger partial charge is 0.318 e. The number of non-ortho nitro benzene ring substituents is 1. The van der Waals surface area contributed by atoms with Crippen LogP contribution in [0.4, 0.5) is 11.4 Å². The van der Waals surface area contributed by atoms with Crippen molar-refractivity contribution in [3.8, 4) is 17.2 Å². The van der Waals surface area contributed by atoms with E-state index >= 15 is 0 Å². The summed E-state index contributed by atoms with van der Waals surface area (Å²) in [6.07, 6.45) is 1.37. The van der Waals surface area contributed by atoms with E-state index in [4.69, 9.17) is 9.47 Å². The number of hydrogen-bond acceptors (Lipinski definition) is 8. The Kier molecular flexibility index (Phi) is 7.49. The van der Waals surface area contributed by atoms with Crippen LogP contribution in [0.3, 0.4) is 0 Å². The lowest BCUT2D eigenvalue weighted by molar-refractivity contribution is -0.394. The lowest BCUT2D eigenvalue weighted by atomic mass is 10.1. The Hall–Kier alpha value is -4.80. The molecule has 0 aliphatic heterocycles. The minimum atomic E-state index is -0.761. The van der Waals surface area contributed by atoms with Crippen LogP contribution < -0.4 is 14.9 Å². The summed E-state index contributed by atoms with van der Waals surface area (Å²) in [6.45, 7) is 3.65. The summed E-state index contributed by atoms with van der Waals surface area (Å²) < 4.78 is 11.0. The van der Waals surface area contributed by atoms with Crippen LogP contribution in [-0.4, -0.2) is 28.6 Å². The molecule has 0 saturated carbocycles. The first kappa shape index (κ1) is 23.9. The van der Waals surface area contributed by atoms with E-state index in [0.717, 1.165) is 29.3 Å². The maximum absolute atomic E-state index is 12.0. The van der Waals surface area contributed by atoms with Crippen LogP contribution in [0.25, 0.3) is 0 Å². The van der Waals surface area contributed by atoms with Crippen molar-refractivity contribution in [3.05, 3.63) is 97.6 Å². The van der Waals surface area contributed by atoms with Crippen LogP contribution in [0, 0.1) is 34.1 Å². The number of ether oxygens (including phenoxy) is 2. The molecule has 0 spiro atoms. The van der Waals surface area contributed by atoms with Gasteiger partial charge in [-0.3, -0.25) is 25.0 Å². The quantitative estimate of drug-likeness (QED) is 0.280. The fourth-order valence-corrected chi connectivity index (χ4v) is 3.01. The SMILES string of the molecule is Cc1cc(C)cc(OCC(=O)N/N=C/c2cccc(Oc3ccc([N+](=O)[O-])cc3[N+](=O)[O-])c2)c1. The molecule has 0 fully saturated rings. The van der Waals surface area contributed by atoms with Gasteiger partial charge in [0.05, 0.1) is 22.1 Å². The molecule has 0 aliphatic carbocycles. The van der Waals surface area contributed by atoms with Gasteiger partial charge in [-0.25, -0.2) is 5.43 Å². The minimum Gasteiger partial charge on any atom is -0.484 e. The zero-order chi connectivity index (χ0) is 24.7. The van der Waals surface area contributed by atoms with Crippen LogP contribution in [0.1, 0.15) is 16.7 Å². The topological polar surface area (TPSA) is 146 Å². The first-order valence-corrected chi connectivity index (χ1v) is 9.95. The highest BCUT2D eigenvalue weighted by Gasteiger charge is 2.21. The van der Waals surface area contributed by atoms with Crippen LogP contribution in [0.15, 0.2) is 65.8 Å². The Bertz CT molecular complexity index is 1250. The first-order valence-electron chi connectivity index (χ1n) is 9.95. The number of hydrogen-bond donors (Lipinski definition) is 1. The van der Waals surface area contributed by atoms with Crippen molar-refractivity contribution in [1.29, 1.82) is 0 Å². The number of amides is 1. The van der Waals surface area contributed by atoms with Crippen molar-refractivity contribution in [2.75, 3.05) is 6.61 Å². The molecule has 3 rings (SSSR count). The number of nitro benzene ring substituents is 2. The van der Waals surface area contributed by atoms with Gasteiger partial charge in [0.25, 0.3) is 11.6 Å². The lowest BCUT2D eigenvalue weighted by Gasteiger charge is -2.07. The predicted octanol–water partition coefficient (Wildman–Crippen LogP) is 4.44. The summed E-state index contributed by atoms with van der Waals surface area (Å²) in [5, 5.41) is 26.0. The van der Waals surface area contributed by atoms with Crippen LogP contribution in [-0.2, 0) is 4.79 Å². The van der Waals surface area contributed by atoms with Gasteiger partial charge in [0.2, 0.25) is 5.75 Å². The molecular formula is C23H20N4O7. The Morgan fingerprint density at radius 3 is 2.38 bits per heavy atom. The molecule has 0 bridgehead atoms. The molecule has 11 nitrogen and oxygen atoms in total. The number of nitrogens with zero attached hydrogens (tertiary/aromatic N) is 3. The lowest BCUT2D eigenvalue weighted by Crippen LogP contribution is -2.24. The summed E-state index contributed by atoms with van der Waals surface area (Å²) >= 11 is 0. The Balaban J connectivity index is 1.61. The molecule has 174 valence electrons. The Morgan fingerprint density at radius 2 is 1.71 bits per heavy atom. The van der Waals surface area contributed by atoms with Crippen molar-refractivity contribution >= 4 is 23.5 Å². The summed E-state index contributed by atoms with van der Waals surface area (Å²) in [5.41, 5.74) is 3.98. The van der Waals surface area contributed by atoms with Gasteiger partial charge in [-0.2, -0.15) is 5.10 Å². The molecule has 34 heavy (non-hydrogen) atoms. The van der Waals surface area contributed by atoms with Gasteiger partial charge < -0.3 is 9.47 Å². The van der Waals surface area contributed by atoms with Crippen LogP contribution in [0.2, 0.25) is 0 Å². The Labute approximate surface area is 193 Å². The molecule has 3 aromatic rings. The number of rotatable bonds is 9. The van der Waals surface area contributed by atoms with Gasteiger partial charge in [0, 0.05) is 6.07 Å². The van der Waals surface area contributed by atoms with E-state index in [-0.39, 0.29) is 18.1 Å². The number of carbonyl (C=O) groups excluding carboxylic acids is 1. The van der Waals surface area contributed by atoms with Gasteiger partial charge in [0.1, 0.15) is 11.5 Å². The van der Waals surface area contributed by atoms with E-state index in [0.29, 0.717) is 11.3 Å². The van der Waals surface area contributed by atoms with E-state index in [9.17, 15) is 25.0 Å². The van der Waals surface area contributed by atoms with Crippen molar-refractivity contribution < 1.29 is 24.1 Å². The number of nitro groups is 2. The standard InChI is InChI=1S/C23H20N4O7/c1-15-8-16(2)10-20(9-15)33-14-23(28)25-24-13-17-4-3-5-19(11-17)34-22-7-6-18(26(29)30)12-21(22)27(31)32/h3-13H,14H2,1-2H3,(H,25,28)/b24-13+. The third-order valence-electron chi connectivity index (χ3n) is 4.40. The van der Waals surface area contributed by atoms with Gasteiger partial charge >= 0.3 is 5.69 Å². The van der Waals surface area contributed by atoms with E-state index in [2.05, 4.69) is 10.5 Å². The summed E-state index contributed by atoms with van der Waals surface area (Å²) in [5.74, 6) is 0.220. The van der Waals surface area contributed by atoms with Crippen molar-refractivity contribution in [3.63, 3.8) is 0 Å². The number of nitrogens with one attached hydrogen (secondary N) is 1. The van der Waals surface area contributed by atoms with E-state index in [1.54, 1.807) is 18.2 Å². The molecule has 0 heterocycles. The molecule has 0 aliphatic rings. The summed E-state index contributed by atoms with van der Waals surface area (Å²) in [7, 11) is 0. The molecule has 11 heteroatoms. The number of carbonyl (C=O) groups is 1. The van der Waals surface area contributed by atoms with E-state index in [1.807, 2.05) is 32.0 Å². The molecule has 0 saturated heterocycles. The second-order valence-electron chi connectivity index (χ2n) is 7.25. The predicted molar refractivity (Wildman–Crippen MR) is 123 cm³/mol. The Morgan fingerprint density at radius 1 is 0.971 bits per heavy atom. The fraction of sp³-hybridized carbons (Fsp3) is 0.130. The zero-order valence-corrected chi connectivity index (χ0v) is 18.3.